The van der Waals surface area contributed by atoms with E-state index in [1.807, 2.05) is 11.1 Å². The number of aryl methyl sites for hydroxylation is 1. The van der Waals surface area contributed by atoms with Crippen LogP contribution >= 0.6 is 23.1 Å². The van der Waals surface area contributed by atoms with Crippen LogP contribution in [0, 0.1) is 5.92 Å². The molecule has 1 aromatic carbocycles. The SMILES string of the molecule is CSc1cc2[nH]ncc2cc1Nc1ncnc2sc3c(c12)CCC(C(=O)N1CC(N(C)C)C1)C3. The third-order valence-corrected chi connectivity index (χ3v) is 9.05. The van der Waals surface area contributed by atoms with E-state index in [1.54, 1.807) is 29.4 Å². The van der Waals surface area contributed by atoms with E-state index < -0.39 is 0 Å². The van der Waals surface area contributed by atoms with Crippen molar-refractivity contribution < 1.29 is 4.79 Å². The van der Waals surface area contributed by atoms with Gasteiger partial charge >= 0.3 is 0 Å². The van der Waals surface area contributed by atoms with E-state index in [0.717, 1.165) is 69.9 Å². The summed E-state index contributed by atoms with van der Waals surface area (Å²) >= 11 is 3.40. The van der Waals surface area contributed by atoms with E-state index in [4.69, 9.17) is 0 Å². The van der Waals surface area contributed by atoms with Crippen molar-refractivity contribution >= 4 is 61.6 Å². The standard InChI is InChI=1S/C24H27N7OS2/c1-30(2)15-10-31(11-15)24(32)13-4-5-16-19(7-13)34-23-21(16)22(25-12-26-23)28-18-6-14-9-27-29-17(14)8-20(18)33-3/h6,8-9,12-13,15H,4-5,7,10-11H2,1-3H3,(H,27,29)(H,25,26,28). The van der Waals surface area contributed by atoms with E-state index in [9.17, 15) is 4.79 Å². The average molecular weight is 494 g/mol. The van der Waals surface area contributed by atoms with Crippen molar-refractivity contribution in [3.8, 4) is 0 Å². The maximum Gasteiger partial charge on any atom is 0.226 e. The van der Waals surface area contributed by atoms with Crippen LogP contribution in [0.1, 0.15) is 16.9 Å². The summed E-state index contributed by atoms with van der Waals surface area (Å²) in [4.78, 5) is 29.9. The number of rotatable bonds is 5. The Morgan fingerprint density at radius 1 is 1.29 bits per heavy atom. The predicted octanol–water partition coefficient (Wildman–Crippen LogP) is 3.91. The highest BCUT2D eigenvalue weighted by atomic mass is 32.2. The lowest BCUT2D eigenvalue weighted by Crippen LogP contribution is -2.60. The highest BCUT2D eigenvalue weighted by molar-refractivity contribution is 7.98. The summed E-state index contributed by atoms with van der Waals surface area (Å²) in [6.07, 6.45) is 8.10. The molecule has 4 heterocycles. The molecule has 1 aliphatic carbocycles. The second kappa shape index (κ2) is 8.51. The number of nitrogens with one attached hydrogen (secondary N) is 2. The number of thiophene rings is 1. The number of hydrogen-bond acceptors (Lipinski definition) is 8. The number of amides is 1. The van der Waals surface area contributed by atoms with E-state index in [0.29, 0.717) is 11.9 Å². The van der Waals surface area contributed by atoms with Crippen molar-refractivity contribution in [2.75, 3.05) is 38.8 Å². The largest absolute Gasteiger partial charge is 0.339 e. The van der Waals surface area contributed by atoms with Crippen LogP contribution in [0.4, 0.5) is 11.5 Å². The Kier molecular flexibility index (Phi) is 5.46. The molecular formula is C24H27N7OS2. The summed E-state index contributed by atoms with van der Waals surface area (Å²) in [6, 6.07) is 4.72. The number of thioether (sulfide) groups is 1. The van der Waals surface area contributed by atoms with Gasteiger partial charge in [-0.1, -0.05) is 0 Å². The summed E-state index contributed by atoms with van der Waals surface area (Å²) in [7, 11) is 4.16. The number of anilines is 2. The molecule has 1 aliphatic heterocycles. The summed E-state index contributed by atoms with van der Waals surface area (Å²) in [6.45, 7) is 1.69. The number of benzene rings is 1. The third-order valence-electron chi connectivity index (χ3n) is 7.11. The van der Waals surface area contributed by atoms with Gasteiger partial charge in [-0.05, 0) is 57.3 Å². The number of nitrogens with zero attached hydrogens (tertiary/aromatic N) is 5. The second-order valence-corrected chi connectivity index (χ2v) is 11.3. The van der Waals surface area contributed by atoms with Crippen molar-refractivity contribution in [3.63, 3.8) is 0 Å². The second-order valence-electron chi connectivity index (χ2n) is 9.34. The first-order chi connectivity index (χ1) is 16.5. The fourth-order valence-corrected chi connectivity index (χ4v) is 6.83. The molecule has 0 saturated carbocycles. The minimum absolute atomic E-state index is 0.0691. The van der Waals surface area contributed by atoms with Crippen LogP contribution in [0.25, 0.3) is 21.1 Å². The Morgan fingerprint density at radius 3 is 2.94 bits per heavy atom. The van der Waals surface area contributed by atoms with Crippen LogP contribution in [0.2, 0.25) is 0 Å². The van der Waals surface area contributed by atoms with Gasteiger partial charge in [-0.15, -0.1) is 23.1 Å². The van der Waals surface area contributed by atoms with Crippen LogP contribution in [0.15, 0.2) is 29.6 Å². The van der Waals surface area contributed by atoms with Gasteiger partial charge in [-0.2, -0.15) is 5.10 Å². The van der Waals surface area contributed by atoms with Gasteiger partial charge in [0.05, 0.1) is 22.8 Å². The maximum absolute atomic E-state index is 13.1. The molecule has 176 valence electrons. The fourth-order valence-electron chi connectivity index (χ4n) is 5.00. The fraction of sp³-hybridized carbons (Fsp3) is 0.417. The molecule has 1 atom stereocenters. The van der Waals surface area contributed by atoms with Crippen LogP contribution in [0.3, 0.4) is 0 Å². The molecule has 1 unspecified atom stereocenters. The lowest BCUT2D eigenvalue weighted by Gasteiger charge is -2.44. The smallest absolute Gasteiger partial charge is 0.226 e. The Hall–Kier alpha value is -2.69. The topological polar surface area (TPSA) is 90.0 Å². The molecule has 0 radical (unpaired) electrons. The molecule has 0 bridgehead atoms. The number of hydrogen-bond donors (Lipinski definition) is 2. The summed E-state index contributed by atoms with van der Waals surface area (Å²) in [5.74, 6) is 1.21. The van der Waals surface area contributed by atoms with E-state index in [1.165, 1.54) is 10.4 Å². The number of H-pyrrole nitrogens is 1. The molecule has 34 heavy (non-hydrogen) atoms. The summed E-state index contributed by atoms with van der Waals surface area (Å²) in [5.41, 5.74) is 3.33. The van der Waals surface area contributed by atoms with Gasteiger partial charge in [0.2, 0.25) is 5.91 Å². The van der Waals surface area contributed by atoms with Gasteiger partial charge in [0.1, 0.15) is 17.0 Å². The number of aromatic amines is 1. The Balaban J connectivity index is 1.28. The number of carbonyl (C=O) groups excluding carboxylic acids is 1. The lowest BCUT2D eigenvalue weighted by molar-refractivity contribution is -0.142. The van der Waals surface area contributed by atoms with Gasteiger partial charge < -0.3 is 15.1 Å². The van der Waals surface area contributed by atoms with Gasteiger partial charge in [0.15, 0.2) is 0 Å². The van der Waals surface area contributed by atoms with Crippen LogP contribution in [-0.4, -0.2) is 75.4 Å². The minimum atomic E-state index is 0.0691. The zero-order valence-corrected chi connectivity index (χ0v) is 21.1. The molecule has 2 aliphatic rings. The monoisotopic (exact) mass is 493 g/mol. The third kappa shape index (κ3) is 3.64. The number of likely N-dealkylation sites (N-methyl/N-ethyl adjacent to an activating group) is 1. The number of aromatic nitrogens is 4. The van der Waals surface area contributed by atoms with Gasteiger partial charge in [-0.25, -0.2) is 9.97 Å². The first kappa shape index (κ1) is 21.8. The maximum atomic E-state index is 13.1. The zero-order chi connectivity index (χ0) is 23.4. The zero-order valence-electron chi connectivity index (χ0n) is 19.5. The van der Waals surface area contributed by atoms with Gasteiger partial charge in [0.25, 0.3) is 0 Å². The number of fused-ring (bicyclic) bond motifs is 4. The molecule has 4 aromatic rings. The first-order valence-electron chi connectivity index (χ1n) is 11.5. The van der Waals surface area contributed by atoms with Crippen LogP contribution < -0.4 is 5.32 Å². The number of likely N-dealkylation sites (tertiary alicyclic amines) is 1. The average Bonchev–Trinajstić information content (AvgIpc) is 3.40. The predicted molar refractivity (Wildman–Crippen MR) is 138 cm³/mol. The Bertz CT molecular complexity index is 1390. The molecule has 0 spiro atoms. The Labute approximate surface area is 206 Å². The highest BCUT2D eigenvalue weighted by Crippen LogP contribution is 2.42. The van der Waals surface area contributed by atoms with Gasteiger partial charge in [-0.3, -0.25) is 9.89 Å². The van der Waals surface area contributed by atoms with Crippen molar-refractivity contribution in [1.82, 2.24) is 30.0 Å². The molecule has 2 N–H and O–H groups in total. The molecule has 8 nitrogen and oxygen atoms in total. The van der Waals surface area contributed by atoms with E-state index >= 15 is 0 Å². The molecule has 6 rings (SSSR count). The minimum Gasteiger partial charge on any atom is -0.339 e. The van der Waals surface area contributed by atoms with Gasteiger partial charge in [0, 0.05) is 40.2 Å². The molecule has 1 saturated heterocycles. The molecule has 1 amide bonds. The Morgan fingerprint density at radius 2 is 2.15 bits per heavy atom. The lowest BCUT2D eigenvalue weighted by atomic mass is 9.86. The van der Waals surface area contributed by atoms with Crippen molar-refractivity contribution in [3.05, 3.63) is 35.1 Å². The van der Waals surface area contributed by atoms with Crippen LogP contribution in [-0.2, 0) is 17.6 Å². The number of carbonyl (C=O) groups is 1. The van der Waals surface area contributed by atoms with Crippen molar-refractivity contribution in [2.45, 2.75) is 30.2 Å². The van der Waals surface area contributed by atoms with Crippen LogP contribution in [0.5, 0.6) is 0 Å². The molecule has 1 fully saturated rings. The summed E-state index contributed by atoms with van der Waals surface area (Å²) < 4.78 is 0. The molecular weight excluding hydrogens is 466 g/mol. The molecule has 3 aromatic heterocycles. The normalized spacial score (nSPS) is 18.5. The quantitative estimate of drug-likeness (QED) is 0.408. The molecule has 10 heteroatoms. The summed E-state index contributed by atoms with van der Waals surface area (Å²) in [5, 5.41) is 12.9. The highest BCUT2D eigenvalue weighted by Gasteiger charge is 2.37. The van der Waals surface area contributed by atoms with E-state index in [-0.39, 0.29) is 5.92 Å². The first-order valence-corrected chi connectivity index (χ1v) is 13.5. The van der Waals surface area contributed by atoms with Crippen molar-refractivity contribution in [1.29, 1.82) is 0 Å². The van der Waals surface area contributed by atoms with Crippen molar-refractivity contribution in [2.24, 2.45) is 5.92 Å². The van der Waals surface area contributed by atoms with E-state index in [2.05, 4.69) is 62.9 Å².